The van der Waals surface area contributed by atoms with Gasteiger partial charge in [-0.25, -0.2) is 0 Å². The standard InChI is InChI=1S/C28H22Cl2F3NO5/c1-27(2,3)15-4-6-19(7-5-15)38-25-24(36)21-9-8-20(13-22(21)39-26(25)28(31,32)33)37-14-23(35)34-18-11-16(29)10-17(30)12-18/h4-13H,14H2,1-3H3,(H,34,35). The van der Waals surface area contributed by atoms with Gasteiger partial charge in [-0.15, -0.1) is 0 Å². The molecule has 0 aliphatic heterocycles. The van der Waals surface area contributed by atoms with E-state index in [0.29, 0.717) is 15.7 Å². The van der Waals surface area contributed by atoms with Gasteiger partial charge in [0.25, 0.3) is 11.7 Å². The molecule has 0 aliphatic rings. The van der Waals surface area contributed by atoms with Crippen LogP contribution in [0.4, 0.5) is 18.9 Å². The molecule has 1 amide bonds. The van der Waals surface area contributed by atoms with Crippen LogP contribution in [0.3, 0.4) is 0 Å². The zero-order chi connectivity index (χ0) is 28.5. The van der Waals surface area contributed by atoms with Gasteiger partial charge in [0, 0.05) is 21.8 Å². The van der Waals surface area contributed by atoms with E-state index in [1.165, 1.54) is 42.5 Å². The maximum Gasteiger partial charge on any atom is 0.453 e. The summed E-state index contributed by atoms with van der Waals surface area (Å²) in [5.74, 6) is -3.09. The van der Waals surface area contributed by atoms with E-state index in [0.717, 1.165) is 11.6 Å². The number of fused-ring (bicyclic) bond motifs is 1. The molecule has 0 unspecified atom stereocenters. The molecule has 0 radical (unpaired) electrons. The van der Waals surface area contributed by atoms with Crippen molar-refractivity contribution < 1.29 is 31.9 Å². The van der Waals surface area contributed by atoms with Crippen LogP contribution < -0.4 is 20.2 Å². The first-order valence-corrected chi connectivity index (χ1v) is 12.3. The molecular weight excluding hydrogens is 558 g/mol. The molecular formula is C28H22Cl2F3NO5. The second-order valence-corrected chi connectivity index (χ2v) is 10.5. The summed E-state index contributed by atoms with van der Waals surface area (Å²) in [5.41, 5.74) is -0.302. The SMILES string of the molecule is CC(C)(C)c1ccc(Oc2c(C(F)(F)F)oc3cc(OCC(=O)Nc4cc(Cl)cc(Cl)c4)ccc3c2=O)cc1. The maximum absolute atomic E-state index is 13.9. The lowest BCUT2D eigenvalue weighted by Crippen LogP contribution is -2.20. The number of alkyl halides is 3. The predicted octanol–water partition coefficient (Wildman–Crippen LogP) is 8.23. The second-order valence-electron chi connectivity index (χ2n) is 9.62. The van der Waals surface area contributed by atoms with Gasteiger partial charge in [-0.3, -0.25) is 9.59 Å². The molecule has 3 aromatic carbocycles. The average molecular weight is 580 g/mol. The molecule has 4 aromatic rings. The Morgan fingerprint density at radius 1 is 0.923 bits per heavy atom. The van der Waals surface area contributed by atoms with Crippen molar-refractivity contribution in [3.8, 4) is 17.2 Å². The van der Waals surface area contributed by atoms with Gasteiger partial charge in [0.05, 0.1) is 5.39 Å². The summed E-state index contributed by atoms with van der Waals surface area (Å²) in [6.07, 6.45) is -5.02. The molecule has 0 saturated heterocycles. The fraction of sp³-hybridized carbons (Fsp3) is 0.214. The number of ether oxygens (including phenoxy) is 2. The molecule has 11 heteroatoms. The van der Waals surface area contributed by atoms with Crippen molar-refractivity contribution in [3.05, 3.63) is 92.3 Å². The number of nitrogens with one attached hydrogen (secondary N) is 1. The van der Waals surface area contributed by atoms with E-state index >= 15 is 0 Å². The number of amides is 1. The predicted molar refractivity (Wildman–Crippen MR) is 143 cm³/mol. The number of hydrogen-bond acceptors (Lipinski definition) is 5. The topological polar surface area (TPSA) is 77.8 Å². The summed E-state index contributed by atoms with van der Waals surface area (Å²) < 4.78 is 57.5. The minimum atomic E-state index is -5.02. The van der Waals surface area contributed by atoms with Crippen LogP contribution in [0.1, 0.15) is 32.1 Å². The highest BCUT2D eigenvalue weighted by molar-refractivity contribution is 6.35. The van der Waals surface area contributed by atoms with Gasteiger partial charge in [-0.1, -0.05) is 56.1 Å². The number of rotatable bonds is 6. The highest BCUT2D eigenvalue weighted by atomic mass is 35.5. The lowest BCUT2D eigenvalue weighted by atomic mass is 9.87. The van der Waals surface area contributed by atoms with Gasteiger partial charge < -0.3 is 19.2 Å². The zero-order valence-electron chi connectivity index (χ0n) is 20.9. The molecule has 6 nitrogen and oxygen atoms in total. The van der Waals surface area contributed by atoms with Crippen molar-refractivity contribution in [3.63, 3.8) is 0 Å². The molecule has 0 bridgehead atoms. The van der Waals surface area contributed by atoms with E-state index < -0.39 is 35.6 Å². The number of hydrogen-bond donors (Lipinski definition) is 1. The molecule has 1 N–H and O–H groups in total. The summed E-state index contributed by atoms with van der Waals surface area (Å²) in [7, 11) is 0. The second kappa shape index (κ2) is 10.8. The van der Waals surface area contributed by atoms with Crippen LogP contribution in [0.15, 0.2) is 69.9 Å². The van der Waals surface area contributed by atoms with Crippen LogP contribution in [0, 0.1) is 0 Å². The van der Waals surface area contributed by atoms with E-state index in [1.54, 1.807) is 12.1 Å². The van der Waals surface area contributed by atoms with Crippen molar-refractivity contribution in [1.29, 1.82) is 0 Å². The fourth-order valence-corrected chi connectivity index (χ4v) is 4.16. The largest absolute Gasteiger partial charge is 0.484 e. The number of carbonyl (C=O) groups excluding carboxylic acids is 1. The van der Waals surface area contributed by atoms with Crippen molar-refractivity contribution in [2.75, 3.05) is 11.9 Å². The Hall–Kier alpha value is -3.69. The Morgan fingerprint density at radius 2 is 1.54 bits per heavy atom. The molecule has 0 spiro atoms. The van der Waals surface area contributed by atoms with E-state index in [-0.39, 0.29) is 27.9 Å². The maximum atomic E-state index is 13.9. The highest BCUT2D eigenvalue weighted by Crippen LogP contribution is 2.39. The van der Waals surface area contributed by atoms with Crippen LogP contribution in [-0.2, 0) is 16.4 Å². The third-order valence-corrected chi connectivity index (χ3v) is 5.97. The van der Waals surface area contributed by atoms with Gasteiger partial charge >= 0.3 is 6.18 Å². The van der Waals surface area contributed by atoms with Crippen molar-refractivity contribution >= 4 is 45.8 Å². The fourth-order valence-electron chi connectivity index (χ4n) is 3.64. The molecule has 39 heavy (non-hydrogen) atoms. The lowest BCUT2D eigenvalue weighted by molar-refractivity contribution is -0.154. The Balaban J connectivity index is 1.59. The lowest BCUT2D eigenvalue weighted by Gasteiger charge is -2.19. The molecule has 0 fully saturated rings. The minimum absolute atomic E-state index is 0.00416. The monoisotopic (exact) mass is 579 g/mol. The molecule has 1 aromatic heterocycles. The first-order chi connectivity index (χ1) is 18.2. The summed E-state index contributed by atoms with van der Waals surface area (Å²) in [6.45, 7) is 5.48. The third-order valence-electron chi connectivity index (χ3n) is 5.54. The summed E-state index contributed by atoms with van der Waals surface area (Å²) in [5, 5.41) is 3.01. The van der Waals surface area contributed by atoms with E-state index in [4.69, 9.17) is 37.1 Å². The number of benzene rings is 3. The molecule has 0 atom stereocenters. The summed E-state index contributed by atoms with van der Waals surface area (Å²) in [4.78, 5) is 25.3. The van der Waals surface area contributed by atoms with Crippen LogP contribution in [-0.4, -0.2) is 12.5 Å². The van der Waals surface area contributed by atoms with E-state index in [2.05, 4.69) is 5.32 Å². The quantitative estimate of drug-likeness (QED) is 0.249. The van der Waals surface area contributed by atoms with Crippen molar-refractivity contribution in [1.82, 2.24) is 0 Å². The first kappa shape index (κ1) is 28.3. The Morgan fingerprint density at radius 3 is 2.13 bits per heavy atom. The normalized spacial score (nSPS) is 11.9. The van der Waals surface area contributed by atoms with Gasteiger partial charge in [0.2, 0.25) is 11.2 Å². The number of carbonyl (C=O) groups is 1. The first-order valence-electron chi connectivity index (χ1n) is 11.6. The summed E-state index contributed by atoms with van der Waals surface area (Å²) >= 11 is 11.8. The van der Waals surface area contributed by atoms with Crippen molar-refractivity contribution in [2.45, 2.75) is 32.4 Å². The minimum Gasteiger partial charge on any atom is -0.484 e. The Bertz CT molecular complexity index is 1570. The molecule has 0 aliphatic carbocycles. The van der Waals surface area contributed by atoms with Crippen LogP contribution in [0.25, 0.3) is 11.0 Å². The van der Waals surface area contributed by atoms with E-state index in [9.17, 15) is 22.8 Å². The van der Waals surface area contributed by atoms with Gasteiger partial charge in [-0.2, -0.15) is 13.2 Å². The van der Waals surface area contributed by atoms with Gasteiger partial charge in [0.1, 0.15) is 17.1 Å². The van der Waals surface area contributed by atoms with Gasteiger partial charge in [-0.05, 0) is 53.4 Å². The van der Waals surface area contributed by atoms with Crippen LogP contribution >= 0.6 is 23.2 Å². The number of anilines is 1. The van der Waals surface area contributed by atoms with Gasteiger partial charge in [0.15, 0.2) is 6.61 Å². The average Bonchev–Trinajstić information content (AvgIpc) is 2.82. The number of halogens is 5. The third kappa shape index (κ3) is 6.85. The zero-order valence-corrected chi connectivity index (χ0v) is 22.4. The molecule has 204 valence electrons. The molecule has 1 heterocycles. The van der Waals surface area contributed by atoms with Crippen molar-refractivity contribution in [2.24, 2.45) is 0 Å². The molecule has 4 rings (SSSR count). The smallest absolute Gasteiger partial charge is 0.453 e. The Kier molecular flexibility index (Phi) is 7.86. The molecule has 0 saturated carbocycles. The van der Waals surface area contributed by atoms with Crippen LogP contribution in [0.2, 0.25) is 10.0 Å². The van der Waals surface area contributed by atoms with Crippen LogP contribution in [0.5, 0.6) is 17.2 Å². The Labute approximate surface area is 231 Å². The summed E-state index contributed by atoms with van der Waals surface area (Å²) in [6, 6.07) is 14.5. The van der Waals surface area contributed by atoms with E-state index in [1.807, 2.05) is 20.8 Å². The highest BCUT2D eigenvalue weighted by Gasteiger charge is 2.40.